The zero-order valence-electron chi connectivity index (χ0n) is 12.8. The molecule has 100 valence electrons. The van der Waals surface area contributed by atoms with Crippen molar-refractivity contribution in [3.05, 3.63) is 58.1 Å². The SMILES string of the molecule is CCCc1cc(C)c(C)cc1-c1ccc(C)c(C)c1. The van der Waals surface area contributed by atoms with Crippen molar-refractivity contribution in [2.24, 2.45) is 0 Å². The molecule has 0 aliphatic heterocycles. The summed E-state index contributed by atoms with van der Waals surface area (Å²) in [4.78, 5) is 0. The molecule has 0 unspecified atom stereocenters. The summed E-state index contributed by atoms with van der Waals surface area (Å²) in [7, 11) is 0. The average Bonchev–Trinajstić information content (AvgIpc) is 2.37. The fourth-order valence-electron chi connectivity index (χ4n) is 2.53. The van der Waals surface area contributed by atoms with Gasteiger partial charge in [0.2, 0.25) is 0 Å². The molecule has 0 heteroatoms. The Morgan fingerprint density at radius 1 is 0.737 bits per heavy atom. The van der Waals surface area contributed by atoms with E-state index < -0.39 is 0 Å². The molecule has 0 saturated carbocycles. The van der Waals surface area contributed by atoms with Gasteiger partial charge in [-0.25, -0.2) is 0 Å². The minimum absolute atomic E-state index is 1.16. The van der Waals surface area contributed by atoms with Gasteiger partial charge in [0.1, 0.15) is 0 Å². The van der Waals surface area contributed by atoms with E-state index in [-0.39, 0.29) is 0 Å². The van der Waals surface area contributed by atoms with E-state index in [0.717, 1.165) is 6.42 Å². The lowest BCUT2D eigenvalue weighted by atomic mass is 9.91. The topological polar surface area (TPSA) is 0 Å². The van der Waals surface area contributed by atoms with Crippen LogP contribution in [0.4, 0.5) is 0 Å². The van der Waals surface area contributed by atoms with Crippen LogP contribution in [-0.4, -0.2) is 0 Å². The van der Waals surface area contributed by atoms with Crippen molar-refractivity contribution < 1.29 is 0 Å². The zero-order valence-corrected chi connectivity index (χ0v) is 12.8. The normalized spacial score (nSPS) is 10.8. The van der Waals surface area contributed by atoms with Crippen LogP contribution in [0.25, 0.3) is 11.1 Å². The number of aryl methyl sites for hydroxylation is 5. The monoisotopic (exact) mass is 252 g/mol. The van der Waals surface area contributed by atoms with Gasteiger partial charge in [-0.2, -0.15) is 0 Å². The summed E-state index contributed by atoms with van der Waals surface area (Å²) in [6.45, 7) is 11.0. The largest absolute Gasteiger partial charge is 0.0651 e. The number of rotatable bonds is 3. The first-order valence-electron chi connectivity index (χ1n) is 7.20. The van der Waals surface area contributed by atoms with Gasteiger partial charge in [-0.1, -0.05) is 43.7 Å². The lowest BCUT2D eigenvalue weighted by Crippen LogP contribution is -1.94. The Morgan fingerprint density at radius 3 is 2.00 bits per heavy atom. The minimum Gasteiger partial charge on any atom is -0.0651 e. The molecular formula is C19H24. The lowest BCUT2D eigenvalue weighted by Gasteiger charge is -2.14. The molecular weight excluding hydrogens is 228 g/mol. The van der Waals surface area contributed by atoms with E-state index in [0.29, 0.717) is 0 Å². The molecule has 0 amide bonds. The highest BCUT2D eigenvalue weighted by Gasteiger charge is 2.08. The van der Waals surface area contributed by atoms with E-state index in [4.69, 9.17) is 0 Å². The Hall–Kier alpha value is -1.56. The minimum atomic E-state index is 1.16. The van der Waals surface area contributed by atoms with Crippen LogP contribution in [0.3, 0.4) is 0 Å². The molecule has 0 nitrogen and oxygen atoms in total. The summed E-state index contributed by atoms with van der Waals surface area (Å²) in [5, 5.41) is 0. The smallest absolute Gasteiger partial charge is 0.0149 e. The van der Waals surface area contributed by atoms with Gasteiger partial charge in [-0.05, 0) is 73.1 Å². The predicted molar refractivity (Wildman–Crippen MR) is 84.8 cm³/mol. The molecule has 0 N–H and O–H groups in total. The van der Waals surface area contributed by atoms with Gasteiger partial charge < -0.3 is 0 Å². The van der Waals surface area contributed by atoms with Crippen molar-refractivity contribution in [3.63, 3.8) is 0 Å². The van der Waals surface area contributed by atoms with Crippen LogP contribution in [0.1, 0.15) is 41.2 Å². The van der Waals surface area contributed by atoms with E-state index >= 15 is 0 Å². The van der Waals surface area contributed by atoms with E-state index in [1.807, 2.05) is 0 Å². The van der Waals surface area contributed by atoms with E-state index in [1.54, 1.807) is 0 Å². The second-order valence-electron chi connectivity index (χ2n) is 5.64. The molecule has 0 radical (unpaired) electrons. The van der Waals surface area contributed by atoms with Gasteiger partial charge >= 0.3 is 0 Å². The lowest BCUT2D eigenvalue weighted by molar-refractivity contribution is 0.921. The molecule has 19 heavy (non-hydrogen) atoms. The molecule has 0 aliphatic rings. The third kappa shape index (κ3) is 2.89. The maximum absolute atomic E-state index is 2.36. The second-order valence-corrected chi connectivity index (χ2v) is 5.64. The summed E-state index contributed by atoms with van der Waals surface area (Å²) in [5.74, 6) is 0. The van der Waals surface area contributed by atoms with Crippen LogP contribution in [0.2, 0.25) is 0 Å². The Morgan fingerprint density at radius 2 is 1.37 bits per heavy atom. The van der Waals surface area contributed by atoms with Crippen molar-refractivity contribution >= 4 is 0 Å². The second kappa shape index (κ2) is 5.61. The van der Waals surface area contributed by atoms with Gasteiger partial charge in [0.25, 0.3) is 0 Å². The summed E-state index contributed by atoms with van der Waals surface area (Å²) >= 11 is 0. The summed E-state index contributed by atoms with van der Waals surface area (Å²) < 4.78 is 0. The Labute approximate surface area is 117 Å². The highest BCUT2D eigenvalue weighted by Crippen LogP contribution is 2.29. The van der Waals surface area contributed by atoms with Crippen LogP contribution in [0.5, 0.6) is 0 Å². The van der Waals surface area contributed by atoms with Crippen LogP contribution in [0, 0.1) is 27.7 Å². The Balaban J connectivity index is 2.59. The summed E-state index contributed by atoms with van der Waals surface area (Å²) in [5.41, 5.74) is 9.77. The number of hydrogen-bond acceptors (Lipinski definition) is 0. The van der Waals surface area contributed by atoms with Crippen LogP contribution >= 0.6 is 0 Å². The molecule has 0 aromatic heterocycles. The molecule has 0 spiro atoms. The molecule has 0 aliphatic carbocycles. The fraction of sp³-hybridized carbons (Fsp3) is 0.368. The van der Waals surface area contributed by atoms with Gasteiger partial charge in [0.15, 0.2) is 0 Å². The first kappa shape index (κ1) is 13.9. The summed E-state index contributed by atoms with van der Waals surface area (Å²) in [6.07, 6.45) is 2.35. The third-order valence-corrected chi connectivity index (χ3v) is 4.06. The molecule has 2 aromatic carbocycles. The zero-order chi connectivity index (χ0) is 14.0. The first-order chi connectivity index (χ1) is 9.02. The highest BCUT2D eigenvalue weighted by atomic mass is 14.1. The average molecular weight is 252 g/mol. The van der Waals surface area contributed by atoms with Crippen molar-refractivity contribution in [2.75, 3.05) is 0 Å². The molecule has 2 aromatic rings. The Kier molecular flexibility index (Phi) is 4.09. The van der Waals surface area contributed by atoms with Crippen molar-refractivity contribution in [1.82, 2.24) is 0 Å². The Bertz CT molecular complexity index is 591. The van der Waals surface area contributed by atoms with Crippen molar-refractivity contribution in [3.8, 4) is 11.1 Å². The van der Waals surface area contributed by atoms with Crippen molar-refractivity contribution in [1.29, 1.82) is 0 Å². The van der Waals surface area contributed by atoms with E-state index in [2.05, 4.69) is 65.0 Å². The molecule has 0 atom stereocenters. The number of benzene rings is 2. The maximum Gasteiger partial charge on any atom is -0.0149 e. The highest BCUT2D eigenvalue weighted by molar-refractivity contribution is 5.70. The van der Waals surface area contributed by atoms with Gasteiger partial charge in [0, 0.05) is 0 Å². The van der Waals surface area contributed by atoms with E-state index in [9.17, 15) is 0 Å². The summed E-state index contributed by atoms with van der Waals surface area (Å²) in [6, 6.07) is 11.5. The van der Waals surface area contributed by atoms with Crippen LogP contribution < -0.4 is 0 Å². The molecule has 2 rings (SSSR count). The predicted octanol–water partition coefficient (Wildman–Crippen LogP) is 5.54. The molecule has 0 heterocycles. The molecule has 0 bridgehead atoms. The third-order valence-electron chi connectivity index (χ3n) is 4.06. The number of hydrogen-bond donors (Lipinski definition) is 0. The van der Waals surface area contributed by atoms with Crippen LogP contribution in [-0.2, 0) is 6.42 Å². The van der Waals surface area contributed by atoms with E-state index in [1.165, 1.54) is 45.4 Å². The van der Waals surface area contributed by atoms with Gasteiger partial charge in [-0.15, -0.1) is 0 Å². The van der Waals surface area contributed by atoms with Crippen molar-refractivity contribution in [2.45, 2.75) is 47.5 Å². The molecule has 0 saturated heterocycles. The quantitative estimate of drug-likeness (QED) is 0.672. The standard InChI is InChI=1S/C19H24/c1-6-7-17-11-15(4)16(5)12-19(17)18-9-8-13(2)14(3)10-18/h8-12H,6-7H2,1-5H3. The van der Waals surface area contributed by atoms with Gasteiger partial charge in [-0.3, -0.25) is 0 Å². The van der Waals surface area contributed by atoms with Gasteiger partial charge in [0.05, 0.1) is 0 Å². The fourth-order valence-corrected chi connectivity index (χ4v) is 2.53. The maximum atomic E-state index is 2.36. The first-order valence-corrected chi connectivity index (χ1v) is 7.20. The molecule has 0 fully saturated rings. The van der Waals surface area contributed by atoms with Crippen LogP contribution in [0.15, 0.2) is 30.3 Å².